The van der Waals surface area contributed by atoms with Crippen molar-refractivity contribution >= 4 is 17.9 Å². The molecule has 0 aromatic rings. The molecule has 0 rings (SSSR count). The van der Waals surface area contributed by atoms with Gasteiger partial charge in [0.25, 0.3) is 0 Å². The fourth-order valence-corrected chi connectivity index (χ4v) is 2.39. The summed E-state index contributed by atoms with van der Waals surface area (Å²) in [5.74, 6) is 0.685. The molecule has 0 N–H and O–H groups in total. The Morgan fingerprint density at radius 1 is 0.667 bits per heavy atom. The Kier molecular flexibility index (Phi) is 14.7. The van der Waals surface area contributed by atoms with Crippen LogP contribution in [0.5, 0.6) is 0 Å². The highest BCUT2D eigenvalue weighted by Crippen LogP contribution is 2.12. The summed E-state index contributed by atoms with van der Waals surface area (Å²) >= 11 is 0. The van der Waals surface area contributed by atoms with E-state index in [0.29, 0.717) is 43.7 Å². The molecule has 0 bridgehead atoms. The molecule has 0 fully saturated rings. The average Bonchev–Trinajstić information content (AvgIpc) is 2.49. The molecule has 122 valence electrons. The molecule has 0 amide bonds. The Bertz CT molecular complexity index is 284. The van der Waals surface area contributed by atoms with E-state index in [4.69, 9.17) is 0 Å². The summed E-state index contributed by atoms with van der Waals surface area (Å²) < 4.78 is 0. The quantitative estimate of drug-likeness (QED) is 0.303. The van der Waals surface area contributed by atoms with E-state index in [-0.39, 0.29) is 0 Å². The van der Waals surface area contributed by atoms with E-state index in [0.717, 1.165) is 32.0 Å². The number of ketones is 2. The Hall–Kier alpha value is -0.990. The van der Waals surface area contributed by atoms with Crippen molar-refractivity contribution in [1.82, 2.24) is 0 Å². The van der Waals surface area contributed by atoms with Gasteiger partial charge in [0.1, 0.15) is 17.9 Å². The van der Waals surface area contributed by atoms with E-state index in [1.165, 1.54) is 32.1 Å². The average molecular weight is 296 g/mol. The van der Waals surface area contributed by atoms with Crippen molar-refractivity contribution in [2.75, 3.05) is 0 Å². The van der Waals surface area contributed by atoms with Crippen LogP contribution in [0.25, 0.3) is 0 Å². The van der Waals surface area contributed by atoms with Gasteiger partial charge in [-0.15, -0.1) is 0 Å². The molecule has 0 aromatic carbocycles. The largest absolute Gasteiger partial charge is 0.303 e. The molecular weight excluding hydrogens is 264 g/mol. The van der Waals surface area contributed by atoms with Crippen LogP contribution in [0.15, 0.2) is 0 Å². The summed E-state index contributed by atoms with van der Waals surface area (Å²) in [6, 6.07) is 0. The van der Waals surface area contributed by atoms with E-state index in [9.17, 15) is 14.4 Å². The van der Waals surface area contributed by atoms with Crippen molar-refractivity contribution in [2.45, 2.75) is 96.8 Å². The molecule has 0 heterocycles. The van der Waals surface area contributed by atoms with Gasteiger partial charge in [-0.05, 0) is 19.3 Å². The van der Waals surface area contributed by atoms with Gasteiger partial charge in [0.05, 0.1) is 0 Å². The highest BCUT2D eigenvalue weighted by atomic mass is 16.1. The zero-order valence-corrected chi connectivity index (χ0v) is 13.7. The second kappa shape index (κ2) is 15.4. The Morgan fingerprint density at radius 3 is 1.57 bits per heavy atom. The number of rotatable bonds is 16. The topological polar surface area (TPSA) is 51.2 Å². The molecule has 3 heteroatoms. The molecule has 0 saturated heterocycles. The van der Waals surface area contributed by atoms with Gasteiger partial charge in [0.15, 0.2) is 0 Å². The maximum absolute atomic E-state index is 11.5. The summed E-state index contributed by atoms with van der Waals surface area (Å²) in [7, 11) is 0. The van der Waals surface area contributed by atoms with E-state index in [1.807, 2.05) is 6.92 Å². The summed E-state index contributed by atoms with van der Waals surface area (Å²) in [5, 5.41) is 0. The summed E-state index contributed by atoms with van der Waals surface area (Å²) in [5.41, 5.74) is 0. The summed E-state index contributed by atoms with van der Waals surface area (Å²) in [6.07, 6.45) is 14.0. The van der Waals surface area contributed by atoms with Crippen LogP contribution in [0, 0.1) is 0 Å². The first-order chi connectivity index (χ1) is 10.2. The lowest BCUT2D eigenvalue weighted by Crippen LogP contribution is -1.97. The van der Waals surface area contributed by atoms with Gasteiger partial charge in [0.2, 0.25) is 0 Å². The molecule has 0 aliphatic carbocycles. The number of carbonyl (C=O) groups is 3. The minimum atomic E-state index is 0.303. The monoisotopic (exact) mass is 296 g/mol. The number of unbranched alkanes of at least 4 members (excludes halogenated alkanes) is 8. The van der Waals surface area contributed by atoms with Crippen LogP contribution >= 0.6 is 0 Å². The Morgan fingerprint density at radius 2 is 1.10 bits per heavy atom. The molecule has 0 saturated carbocycles. The third-order valence-electron chi connectivity index (χ3n) is 3.83. The minimum Gasteiger partial charge on any atom is -0.303 e. The first-order valence-electron chi connectivity index (χ1n) is 8.67. The molecule has 0 spiro atoms. The molecule has 0 aliphatic heterocycles. The molecule has 0 aliphatic rings. The van der Waals surface area contributed by atoms with Crippen LogP contribution in [0.2, 0.25) is 0 Å². The van der Waals surface area contributed by atoms with Crippen molar-refractivity contribution < 1.29 is 14.4 Å². The number of hydrogen-bond acceptors (Lipinski definition) is 3. The molecular formula is C18H32O3. The standard InChI is InChI=1S/C18H32O3/c1-2-17(20)13-9-7-5-3-4-6-8-10-14-18(21)15-11-12-16-19/h16H,2-15H2,1H3. The van der Waals surface area contributed by atoms with E-state index in [2.05, 4.69) is 0 Å². The predicted molar refractivity (Wildman–Crippen MR) is 86.4 cm³/mol. The van der Waals surface area contributed by atoms with Gasteiger partial charge in [-0.2, -0.15) is 0 Å². The fraction of sp³-hybridized carbons (Fsp3) is 0.833. The maximum atomic E-state index is 11.5. The lowest BCUT2D eigenvalue weighted by Gasteiger charge is -2.02. The molecule has 0 radical (unpaired) electrons. The summed E-state index contributed by atoms with van der Waals surface area (Å²) in [6.45, 7) is 1.93. The second-order valence-corrected chi connectivity index (χ2v) is 5.82. The van der Waals surface area contributed by atoms with Crippen LogP contribution in [0.1, 0.15) is 96.8 Å². The molecule has 3 nitrogen and oxygen atoms in total. The lowest BCUT2D eigenvalue weighted by atomic mass is 10.0. The molecule has 0 unspecified atom stereocenters. The maximum Gasteiger partial charge on any atom is 0.132 e. The SMILES string of the molecule is CCC(=O)CCCCCCCCCCC(=O)CCCC=O. The van der Waals surface area contributed by atoms with Crippen molar-refractivity contribution in [1.29, 1.82) is 0 Å². The Balaban J connectivity index is 3.16. The highest BCUT2D eigenvalue weighted by Gasteiger charge is 2.01. The van der Waals surface area contributed by atoms with E-state index in [1.54, 1.807) is 0 Å². The second-order valence-electron chi connectivity index (χ2n) is 5.82. The van der Waals surface area contributed by atoms with Crippen LogP contribution in [0.3, 0.4) is 0 Å². The van der Waals surface area contributed by atoms with Gasteiger partial charge in [0, 0.05) is 32.1 Å². The first kappa shape index (κ1) is 20.0. The summed E-state index contributed by atoms with van der Waals surface area (Å²) in [4.78, 5) is 32.7. The van der Waals surface area contributed by atoms with Crippen LogP contribution in [0.4, 0.5) is 0 Å². The van der Waals surface area contributed by atoms with Crippen molar-refractivity contribution in [2.24, 2.45) is 0 Å². The van der Waals surface area contributed by atoms with Crippen LogP contribution in [-0.2, 0) is 14.4 Å². The number of hydrogen-bond donors (Lipinski definition) is 0. The lowest BCUT2D eigenvalue weighted by molar-refractivity contribution is -0.120. The minimum absolute atomic E-state index is 0.303. The fourth-order valence-electron chi connectivity index (χ4n) is 2.39. The third-order valence-corrected chi connectivity index (χ3v) is 3.83. The first-order valence-corrected chi connectivity index (χ1v) is 8.67. The number of aldehydes is 1. The number of Topliss-reactive ketones (excluding diaryl/α,β-unsaturated/α-hetero) is 2. The van der Waals surface area contributed by atoms with Gasteiger partial charge in [-0.25, -0.2) is 0 Å². The zero-order valence-electron chi connectivity index (χ0n) is 13.7. The zero-order chi connectivity index (χ0) is 15.8. The molecule has 21 heavy (non-hydrogen) atoms. The normalized spacial score (nSPS) is 10.5. The van der Waals surface area contributed by atoms with Gasteiger partial charge in [-0.1, -0.05) is 45.4 Å². The van der Waals surface area contributed by atoms with Crippen molar-refractivity contribution in [3.63, 3.8) is 0 Å². The molecule has 0 aromatic heterocycles. The van der Waals surface area contributed by atoms with E-state index >= 15 is 0 Å². The van der Waals surface area contributed by atoms with Gasteiger partial charge >= 0.3 is 0 Å². The highest BCUT2D eigenvalue weighted by molar-refractivity contribution is 5.78. The van der Waals surface area contributed by atoms with Gasteiger partial charge < -0.3 is 4.79 Å². The third kappa shape index (κ3) is 15.2. The Labute approximate surface area is 129 Å². The molecule has 0 atom stereocenters. The van der Waals surface area contributed by atoms with Gasteiger partial charge in [-0.3, -0.25) is 9.59 Å². The smallest absolute Gasteiger partial charge is 0.132 e. The predicted octanol–water partition coefficient (Wildman–Crippen LogP) is 4.80. The number of carbonyl (C=O) groups excluding carboxylic acids is 3. The van der Waals surface area contributed by atoms with Crippen LogP contribution in [-0.4, -0.2) is 17.9 Å². The van der Waals surface area contributed by atoms with Crippen molar-refractivity contribution in [3.05, 3.63) is 0 Å². The van der Waals surface area contributed by atoms with Crippen LogP contribution < -0.4 is 0 Å². The van der Waals surface area contributed by atoms with E-state index < -0.39 is 0 Å². The van der Waals surface area contributed by atoms with Crippen molar-refractivity contribution in [3.8, 4) is 0 Å².